The summed E-state index contributed by atoms with van der Waals surface area (Å²) < 4.78 is 0. The van der Waals surface area contributed by atoms with E-state index in [1.165, 1.54) is 0 Å². The zero-order valence-corrected chi connectivity index (χ0v) is 15.2. The maximum Gasteiger partial charge on any atom is 0.318 e. The second-order valence-electron chi connectivity index (χ2n) is 7.09. The van der Waals surface area contributed by atoms with Crippen molar-refractivity contribution in [2.75, 3.05) is 11.9 Å². The lowest BCUT2D eigenvalue weighted by molar-refractivity contribution is -0.122. The number of hydrogen-bond acceptors (Lipinski definition) is 3. The number of nitrogens with one attached hydrogen (secondary N) is 3. The quantitative estimate of drug-likeness (QED) is 0.770. The highest BCUT2D eigenvalue weighted by molar-refractivity contribution is 5.98. The van der Waals surface area contributed by atoms with E-state index in [9.17, 15) is 14.4 Å². The molecular formula is C19H26N4O3. The summed E-state index contributed by atoms with van der Waals surface area (Å²) in [7, 11) is 0. The Bertz CT molecular complexity index is 696. The van der Waals surface area contributed by atoms with Gasteiger partial charge in [0.05, 0.1) is 6.54 Å². The van der Waals surface area contributed by atoms with Gasteiger partial charge in [-0.3, -0.25) is 9.59 Å². The first-order valence-electron chi connectivity index (χ1n) is 9.22. The third-order valence-electron chi connectivity index (χ3n) is 5.26. The minimum Gasteiger partial charge on any atom is -0.354 e. The average Bonchev–Trinajstić information content (AvgIpc) is 2.78. The summed E-state index contributed by atoms with van der Waals surface area (Å²) in [5.74, 6) is -0.117. The number of fused-ring (bicyclic) bond motifs is 1. The molecule has 0 bridgehead atoms. The molecule has 7 heteroatoms. The molecule has 140 valence electrons. The van der Waals surface area contributed by atoms with Crippen LogP contribution in [0.15, 0.2) is 24.3 Å². The number of benzene rings is 1. The molecule has 3 atom stereocenters. The number of carbonyl (C=O) groups excluding carboxylic acids is 3. The van der Waals surface area contributed by atoms with Crippen LogP contribution in [0.4, 0.5) is 10.5 Å². The van der Waals surface area contributed by atoms with Crippen LogP contribution in [0.1, 0.15) is 38.7 Å². The number of hydrogen-bond donors (Lipinski definition) is 3. The minimum absolute atomic E-state index is 0.0102. The van der Waals surface area contributed by atoms with E-state index in [4.69, 9.17) is 0 Å². The van der Waals surface area contributed by atoms with Gasteiger partial charge in [0, 0.05) is 24.7 Å². The van der Waals surface area contributed by atoms with Crippen molar-refractivity contribution in [2.24, 2.45) is 5.92 Å². The highest BCUT2D eigenvalue weighted by atomic mass is 16.2. The SMILES string of the molecule is CC[C@H](C)[C@H]1C(=O)Nc2ccccc2CN1C(=O)N[C@@H]1CCC(=O)NC1. The van der Waals surface area contributed by atoms with Crippen molar-refractivity contribution in [1.82, 2.24) is 15.5 Å². The van der Waals surface area contributed by atoms with Crippen LogP contribution in [0.25, 0.3) is 0 Å². The molecule has 0 unspecified atom stereocenters. The summed E-state index contributed by atoms with van der Waals surface area (Å²) in [6, 6.07) is 6.65. The molecule has 0 saturated carbocycles. The van der Waals surface area contributed by atoms with Gasteiger partial charge in [-0.25, -0.2) is 4.79 Å². The van der Waals surface area contributed by atoms with Crippen LogP contribution in [0.2, 0.25) is 0 Å². The standard InChI is InChI=1S/C19H26N4O3/c1-3-12(2)17-18(25)22-15-7-5-4-6-13(15)11-23(17)19(26)21-14-8-9-16(24)20-10-14/h4-7,12,14,17H,3,8-11H2,1-2H3,(H,20,24)(H,21,26)(H,22,25)/t12-,14+,17-/m0/s1. The van der Waals surface area contributed by atoms with Crippen molar-refractivity contribution < 1.29 is 14.4 Å². The second kappa shape index (κ2) is 7.76. The van der Waals surface area contributed by atoms with Gasteiger partial charge < -0.3 is 20.9 Å². The topological polar surface area (TPSA) is 90.5 Å². The van der Waals surface area contributed by atoms with E-state index >= 15 is 0 Å². The highest BCUT2D eigenvalue weighted by Gasteiger charge is 2.37. The molecular weight excluding hydrogens is 332 g/mol. The van der Waals surface area contributed by atoms with E-state index in [-0.39, 0.29) is 29.8 Å². The normalized spacial score (nSPS) is 24.0. The summed E-state index contributed by atoms with van der Waals surface area (Å²) in [6.07, 6.45) is 1.81. The zero-order chi connectivity index (χ0) is 18.7. The van der Waals surface area contributed by atoms with E-state index in [0.29, 0.717) is 25.9 Å². The first-order valence-corrected chi connectivity index (χ1v) is 9.22. The summed E-state index contributed by atoms with van der Waals surface area (Å²) in [6.45, 7) is 4.80. The molecule has 1 fully saturated rings. The Kier molecular flexibility index (Phi) is 5.44. The van der Waals surface area contributed by atoms with Crippen LogP contribution in [-0.4, -0.2) is 41.4 Å². The minimum atomic E-state index is -0.536. The monoisotopic (exact) mass is 358 g/mol. The third kappa shape index (κ3) is 3.81. The predicted octanol–water partition coefficient (Wildman–Crippen LogP) is 1.84. The van der Waals surface area contributed by atoms with E-state index in [1.54, 1.807) is 4.90 Å². The summed E-state index contributed by atoms with van der Waals surface area (Å²) >= 11 is 0. The van der Waals surface area contributed by atoms with Crippen molar-refractivity contribution in [1.29, 1.82) is 0 Å². The number of rotatable bonds is 3. The summed E-state index contributed by atoms with van der Waals surface area (Å²) in [5, 5.41) is 8.72. The Morgan fingerprint density at radius 3 is 2.81 bits per heavy atom. The fourth-order valence-electron chi connectivity index (χ4n) is 3.51. The molecule has 4 amide bonds. The molecule has 0 radical (unpaired) electrons. The van der Waals surface area contributed by atoms with Gasteiger partial charge in [-0.2, -0.15) is 0 Å². The Balaban J connectivity index is 1.83. The molecule has 3 rings (SSSR count). The van der Waals surface area contributed by atoms with Crippen molar-refractivity contribution in [3.05, 3.63) is 29.8 Å². The van der Waals surface area contributed by atoms with E-state index in [0.717, 1.165) is 17.7 Å². The van der Waals surface area contributed by atoms with Crippen molar-refractivity contribution in [3.63, 3.8) is 0 Å². The first-order chi connectivity index (χ1) is 12.5. The number of piperidine rings is 1. The number of para-hydroxylation sites is 1. The molecule has 0 aliphatic carbocycles. The summed E-state index contributed by atoms with van der Waals surface area (Å²) in [4.78, 5) is 38.8. The van der Waals surface area contributed by atoms with Crippen LogP contribution in [-0.2, 0) is 16.1 Å². The van der Waals surface area contributed by atoms with Gasteiger partial charge in [0.15, 0.2) is 0 Å². The van der Waals surface area contributed by atoms with E-state index in [1.807, 2.05) is 38.1 Å². The molecule has 7 nitrogen and oxygen atoms in total. The Morgan fingerprint density at radius 2 is 2.12 bits per heavy atom. The molecule has 1 aromatic carbocycles. The largest absolute Gasteiger partial charge is 0.354 e. The molecule has 0 aromatic heterocycles. The van der Waals surface area contributed by atoms with Gasteiger partial charge in [0.2, 0.25) is 11.8 Å². The second-order valence-corrected chi connectivity index (χ2v) is 7.09. The Morgan fingerprint density at radius 1 is 1.35 bits per heavy atom. The van der Waals surface area contributed by atoms with E-state index in [2.05, 4.69) is 16.0 Å². The van der Waals surface area contributed by atoms with E-state index < -0.39 is 6.04 Å². The van der Waals surface area contributed by atoms with Crippen LogP contribution in [0.3, 0.4) is 0 Å². The van der Waals surface area contributed by atoms with Crippen LogP contribution in [0.5, 0.6) is 0 Å². The maximum absolute atomic E-state index is 13.0. The van der Waals surface area contributed by atoms with Crippen molar-refractivity contribution in [2.45, 2.75) is 51.7 Å². The van der Waals surface area contributed by atoms with Gasteiger partial charge >= 0.3 is 6.03 Å². The highest BCUT2D eigenvalue weighted by Crippen LogP contribution is 2.27. The van der Waals surface area contributed by atoms with Gasteiger partial charge in [0.25, 0.3) is 0 Å². The third-order valence-corrected chi connectivity index (χ3v) is 5.26. The lowest BCUT2D eigenvalue weighted by atomic mass is 9.97. The average molecular weight is 358 g/mol. The molecule has 1 saturated heterocycles. The zero-order valence-electron chi connectivity index (χ0n) is 15.2. The molecule has 2 aliphatic rings. The molecule has 26 heavy (non-hydrogen) atoms. The van der Waals surface area contributed by atoms with Crippen LogP contribution < -0.4 is 16.0 Å². The maximum atomic E-state index is 13.0. The Labute approximate surface area is 153 Å². The molecule has 2 heterocycles. The fourth-order valence-corrected chi connectivity index (χ4v) is 3.51. The number of urea groups is 1. The van der Waals surface area contributed by atoms with Crippen molar-refractivity contribution >= 4 is 23.5 Å². The van der Waals surface area contributed by atoms with Crippen LogP contribution >= 0.6 is 0 Å². The smallest absolute Gasteiger partial charge is 0.318 e. The predicted molar refractivity (Wildman–Crippen MR) is 98.4 cm³/mol. The molecule has 0 spiro atoms. The van der Waals surface area contributed by atoms with Crippen molar-refractivity contribution in [3.8, 4) is 0 Å². The molecule has 3 N–H and O–H groups in total. The number of anilines is 1. The van der Waals surface area contributed by atoms with Gasteiger partial charge in [-0.05, 0) is 24.0 Å². The summed E-state index contributed by atoms with van der Waals surface area (Å²) in [5.41, 5.74) is 1.67. The number of carbonyl (C=O) groups is 3. The lowest BCUT2D eigenvalue weighted by Crippen LogP contribution is -2.56. The molecule has 1 aromatic rings. The fraction of sp³-hybridized carbons (Fsp3) is 0.526. The van der Waals surface area contributed by atoms with Gasteiger partial charge in [-0.1, -0.05) is 38.5 Å². The Hall–Kier alpha value is -2.57. The lowest BCUT2D eigenvalue weighted by Gasteiger charge is -2.34. The van der Waals surface area contributed by atoms with Gasteiger partial charge in [0.1, 0.15) is 6.04 Å². The number of amides is 4. The van der Waals surface area contributed by atoms with Crippen LogP contribution in [0, 0.1) is 5.92 Å². The van der Waals surface area contributed by atoms with Gasteiger partial charge in [-0.15, -0.1) is 0 Å². The molecule has 2 aliphatic heterocycles. The first kappa shape index (κ1) is 18.2. The number of nitrogens with zero attached hydrogens (tertiary/aromatic N) is 1.